The van der Waals surface area contributed by atoms with Gasteiger partial charge < -0.3 is 14.2 Å². The molecule has 220 valence electrons. The van der Waals surface area contributed by atoms with Crippen molar-refractivity contribution in [2.45, 2.75) is 53.6 Å². The molecular formula is C32H33BrClN3O5. The first-order chi connectivity index (χ1) is 20.0. The number of hydrogen-bond acceptors (Lipinski definition) is 7. The summed E-state index contributed by atoms with van der Waals surface area (Å²) in [7, 11) is 0. The van der Waals surface area contributed by atoms with E-state index in [4.69, 9.17) is 30.8 Å². The zero-order valence-corrected chi connectivity index (χ0v) is 26.7. The molecule has 0 aliphatic rings. The smallest absolute Gasteiger partial charge is 0.347 e. The van der Waals surface area contributed by atoms with Crippen molar-refractivity contribution in [2.75, 3.05) is 13.2 Å². The van der Waals surface area contributed by atoms with E-state index in [1.807, 2.05) is 38.1 Å². The Morgan fingerprint density at radius 2 is 1.86 bits per heavy atom. The lowest BCUT2D eigenvalue weighted by atomic mass is 9.96. The van der Waals surface area contributed by atoms with Gasteiger partial charge in [0.2, 0.25) is 0 Å². The minimum Gasteiger partial charge on any atom is -0.494 e. The van der Waals surface area contributed by atoms with Crippen LogP contribution >= 0.6 is 27.5 Å². The minimum atomic E-state index is -0.851. The van der Waals surface area contributed by atoms with Crippen LogP contribution in [0.2, 0.25) is 5.02 Å². The van der Waals surface area contributed by atoms with Crippen molar-refractivity contribution in [3.63, 3.8) is 0 Å². The first-order valence-electron chi connectivity index (χ1n) is 13.7. The van der Waals surface area contributed by atoms with Crippen molar-refractivity contribution in [3.05, 3.63) is 85.1 Å². The van der Waals surface area contributed by atoms with Crippen LogP contribution in [0.1, 0.15) is 57.2 Å². The molecule has 4 rings (SSSR count). The standard InChI is InChI=1S/C32H33BrClN3O5/c1-7-40-28-13-19(5)24(16-23(28)18(3)4)30-36-27-12-10-9-11-22(27)31(38)37(30)35-17-21-14-25(33)29(26(34)15-21)42-20(6)32(39)41-8-2/h9-18,20H,7-8H2,1-6H3/t20-/m0/s1. The number of aryl methyl sites for hydroxylation is 1. The number of carbonyl (C=O) groups is 1. The fourth-order valence-electron chi connectivity index (χ4n) is 4.45. The second-order valence-electron chi connectivity index (χ2n) is 9.93. The molecular weight excluding hydrogens is 622 g/mol. The molecule has 0 fully saturated rings. The molecule has 0 spiro atoms. The van der Waals surface area contributed by atoms with Gasteiger partial charge in [-0.25, -0.2) is 9.78 Å². The number of halogens is 2. The molecule has 0 aliphatic carbocycles. The molecule has 3 aromatic carbocycles. The van der Waals surface area contributed by atoms with Crippen LogP contribution in [0.3, 0.4) is 0 Å². The zero-order chi connectivity index (χ0) is 30.6. The van der Waals surface area contributed by atoms with Crippen molar-refractivity contribution >= 4 is 50.6 Å². The van der Waals surface area contributed by atoms with Crippen LogP contribution in [0.5, 0.6) is 11.5 Å². The minimum absolute atomic E-state index is 0.182. The summed E-state index contributed by atoms with van der Waals surface area (Å²) >= 11 is 10.00. The molecule has 0 saturated carbocycles. The number of carbonyl (C=O) groups excluding carboxylic acids is 1. The van der Waals surface area contributed by atoms with Crippen LogP contribution in [-0.4, -0.2) is 41.2 Å². The Balaban J connectivity index is 1.83. The average molecular weight is 655 g/mol. The summed E-state index contributed by atoms with van der Waals surface area (Å²) in [5.41, 5.74) is 3.56. The van der Waals surface area contributed by atoms with Crippen LogP contribution in [-0.2, 0) is 9.53 Å². The van der Waals surface area contributed by atoms with Crippen molar-refractivity contribution < 1.29 is 19.0 Å². The predicted octanol–water partition coefficient (Wildman–Crippen LogP) is 7.52. The van der Waals surface area contributed by atoms with Crippen LogP contribution in [0.25, 0.3) is 22.3 Å². The first kappa shape index (κ1) is 31.3. The van der Waals surface area contributed by atoms with Gasteiger partial charge in [-0.2, -0.15) is 9.78 Å². The second-order valence-corrected chi connectivity index (χ2v) is 11.2. The molecule has 0 aliphatic heterocycles. The molecule has 42 heavy (non-hydrogen) atoms. The van der Waals surface area contributed by atoms with Crippen LogP contribution < -0.4 is 15.0 Å². The molecule has 8 nitrogen and oxygen atoms in total. The Morgan fingerprint density at radius 1 is 1.12 bits per heavy atom. The molecule has 0 N–H and O–H groups in total. The Hall–Kier alpha value is -3.69. The highest BCUT2D eigenvalue weighted by atomic mass is 79.9. The lowest BCUT2D eigenvalue weighted by molar-refractivity contribution is -0.150. The Morgan fingerprint density at radius 3 is 2.52 bits per heavy atom. The fraction of sp³-hybridized carbons (Fsp3) is 0.312. The van der Waals surface area contributed by atoms with E-state index >= 15 is 0 Å². The Bertz CT molecular complexity index is 1690. The van der Waals surface area contributed by atoms with Crippen molar-refractivity contribution in [1.29, 1.82) is 0 Å². The summed E-state index contributed by atoms with van der Waals surface area (Å²) in [6.45, 7) is 12.2. The fourth-order valence-corrected chi connectivity index (χ4v) is 5.41. The average Bonchev–Trinajstić information content (AvgIpc) is 2.94. The van der Waals surface area contributed by atoms with Crippen LogP contribution in [0.15, 0.2) is 62.9 Å². The monoisotopic (exact) mass is 653 g/mol. The van der Waals surface area contributed by atoms with Gasteiger partial charge in [0.1, 0.15) is 5.75 Å². The van der Waals surface area contributed by atoms with Gasteiger partial charge in [-0.15, -0.1) is 0 Å². The van der Waals surface area contributed by atoms with Gasteiger partial charge in [-0.1, -0.05) is 37.6 Å². The number of nitrogens with zero attached hydrogens (tertiary/aromatic N) is 3. The zero-order valence-electron chi connectivity index (χ0n) is 24.4. The lowest BCUT2D eigenvalue weighted by Crippen LogP contribution is -2.26. The summed E-state index contributed by atoms with van der Waals surface area (Å²) in [6, 6.07) is 14.6. The van der Waals surface area contributed by atoms with E-state index in [1.165, 1.54) is 10.9 Å². The van der Waals surface area contributed by atoms with Crippen LogP contribution in [0.4, 0.5) is 0 Å². The second kappa shape index (κ2) is 13.5. The normalized spacial score (nSPS) is 12.2. The van der Waals surface area contributed by atoms with E-state index < -0.39 is 12.1 Å². The third kappa shape index (κ3) is 6.68. The number of esters is 1. The van der Waals surface area contributed by atoms with Crippen molar-refractivity contribution in [3.8, 4) is 22.9 Å². The van der Waals surface area contributed by atoms with Gasteiger partial charge in [0.05, 0.1) is 39.8 Å². The highest BCUT2D eigenvalue weighted by Crippen LogP contribution is 2.36. The maximum Gasteiger partial charge on any atom is 0.347 e. The van der Waals surface area contributed by atoms with E-state index in [0.717, 1.165) is 22.4 Å². The van der Waals surface area contributed by atoms with E-state index in [2.05, 4.69) is 34.9 Å². The summed E-state index contributed by atoms with van der Waals surface area (Å²) in [5.74, 6) is 1.21. The molecule has 4 aromatic rings. The molecule has 10 heteroatoms. The molecule has 0 unspecified atom stereocenters. The molecule has 1 heterocycles. The van der Waals surface area contributed by atoms with Gasteiger partial charge in [-0.05, 0) is 103 Å². The van der Waals surface area contributed by atoms with Gasteiger partial charge >= 0.3 is 5.97 Å². The number of aromatic nitrogens is 2. The predicted molar refractivity (Wildman–Crippen MR) is 170 cm³/mol. The molecule has 0 saturated heterocycles. The topological polar surface area (TPSA) is 92.0 Å². The summed E-state index contributed by atoms with van der Waals surface area (Å²) < 4.78 is 18.5. The van der Waals surface area contributed by atoms with E-state index in [1.54, 1.807) is 38.1 Å². The van der Waals surface area contributed by atoms with Gasteiger partial charge in [-0.3, -0.25) is 4.79 Å². The highest BCUT2D eigenvalue weighted by molar-refractivity contribution is 9.10. The summed E-state index contributed by atoms with van der Waals surface area (Å²) in [4.78, 5) is 30.7. The number of hydrogen-bond donors (Lipinski definition) is 0. The number of benzene rings is 3. The van der Waals surface area contributed by atoms with Gasteiger partial charge in [0, 0.05) is 5.56 Å². The maximum atomic E-state index is 13.8. The van der Waals surface area contributed by atoms with Gasteiger partial charge in [0.15, 0.2) is 17.7 Å². The molecule has 0 radical (unpaired) electrons. The third-order valence-corrected chi connectivity index (χ3v) is 7.40. The largest absolute Gasteiger partial charge is 0.494 e. The quantitative estimate of drug-likeness (QED) is 0.130. The highest BCUT2D eigenvalue weighted by Gasteiger charge is 2.21. The number of fused-ring (bicyclic) bond motifs is 1. The van der Waals surface area contributed by atoms with Gasteiger partial charge in [0.25, 0.3) is 5.56 Å². The molecule has 1 aromatic heterocycles. The third-order valence-electron chi connectivity index (χ3n) is 6.53. The first-order valence-corrected chi connectivity index (χ1v) is 14.9. The Labute approximate surface area is 258 Å². The summed E-state index contributed by atoms with van der Waals surface area (Å²) in [6.07, 6.45) is 0.681. The van der Waals surface area contributed by atoms with Crippen molar-refractivity contribution in [2.24, 2.45) is 5.10 Å². The van der Waals surface area contributed by atoms with Crippen LogP contribution in [0, 0.1) is 6.92 Å². The number of ether oxygens (including phenoxy) is 3. The molecule has 0 bridgehead atoms. The van der Waals surface area contributed by atoms with E-state index in [0.29, 0.717) is 39.1 Å². The lowest BCUT2D eigenvalue weighted by Gasteiger charge is -2.18. The van der Waals surface area contributed by atoms with E-state index in [9.17, 15) is 9.59 Å². The summed E-state index contributed by atoms with van der Waals surface area (Å²) in [5, 5.41) is 5.30. The number of rotatable bonds is 10. The maximum absolute atomic E-state index is 13.8. The van der Waals surface area contributed by atoms with Crippen molar-refractivity contribution in [1.82, 2.24) is 9.66 Å². The molecule has 1 atom stereocenters. The SMILES string of the molecule is CCOC(=O)[C@H](C)Oc1c(Cl)cc(C=Nn2c(-c3cc(C(C)C)c(OCC)cc3C)nc3ccccc3c2=O)cc1Br. The van der Waals surface area contributed by atoms with E-state index in [-0.39, 0.29) is 23.1 Å². The Kier molecular flexibility index (Phi) is 10.1. The number of para-hydroxylation sites is 1. The molecule has 0 amide bonds.